The second-order valence-electron chi connectivity index (χ2n) is 5.97. The van der Waals surface area contributed by atoms with Crippen molar-refractivity contribution in [2.75, 3.05) is 0 Å². The highest BCUT2D eigenvalue weighted by atomic mass is 35.5. The molecule has 0 bridgehead atoms. The second kappa shape index (κ2) is 5.58. The molecule has 4 heteroatoms. The highest BCUT2D eigenvalue weighted by molar-refractivity contribution is 6.31. The van der Waals surface area contributed by atoms with Crippen molar-refractivity contribution in [1.29, 1.82) is 0 Å². The van der Waals surface area contributed by atoms with Crippen LogP contribution in [0, 0.1) is 0 Å². The Morgan fingerprint density at radius 2 is 1.85 bits per heavy atom. The van der Waals surface area contributed by atoms with Gasteiger partial charge in [-0.2, -0.15) is 5.10 Å². The maximum atomic E-state index is 10.5. The van der Waals surface area contributed by atoms with Crippen molar-refractivity contribution in [3.8, 4) is 0 Å². The molecule has 0 saturated heterocycles. The summed E-state index contributed by atoms with van der Waals surface area (Å²) in [7, 11) is 0. The topological polar surface area (TPSA) is 38.0 Å². The predicted molar refractivity (Wildman–Crippen MR) is 82.1 cm³/mol. The quantitative estimate of drug-likeness (QED) is 0.930. The predicted octanol–water partition coefficient (Wildman–Crippen LogP) is 3.94. The molecule has 1 unspecified atom stereocenters. The smallest absolute Gasteiger partial charge is 0.122 e. The Balaban J connectivity index is 2.34. The second-order valence-corrected chi connectivity index (χ2v) is 6.38. The van der Waals surface area contributed by atoms with Gasteiger partial charge in [0, 0.05) is 6.54 Å². The molecule has 0 saturated carbocycles. The minimum absolute atomic E-state index is 0.103. The fraction of sp³-hybridized carbons (Fsp3) is 0.438. The molecule has 0 radical (unpaired) electrons. The summed E-state index contributed by atoms with van der Waals surface area (Å²) in [6, 6.07) is 8.02. The summed E-state index contributed by atoms with van der Waals surface area (Å²) >= 11 is 6.13. The van der Waals surface area contributed by atoms with E-state index >= 15 is 0 Å². The maximum Gasteiger partial charge on any atom is 0.122 e. The molecule has 2 aromatic rings. The van der Waals surface area contributed by atoms with Gasteiger partial charge in [-0.3, -0.25) is 4.68 Å². The van der Waals surface area contributed by atoms with Gasteiger partial charge in [0.15, 0.2) is 0 Å². The zero-order valence-electron chi connectivity index (χ0n) is 12.4. The summed E-state index contributed by atoms with van der Waals surface area (Å²) in [5.74, 6) is 0. The lowest BCUT2D eigenvalue weighted by atomic mass is 9.86. The average Bonchev–Trinajstić information content (AvgIpc) is 2.78. The van der Waals surface area contributed by atoms with E-state index < -0.39 is 6.10 Å². The normalized spacial score (nSPS) is 13.5. The number of halogens is 1. The number of aliphatic hydroxyl groups is 1. The lowest BCUT2D eigenvalue weighted by Crippen LogP contribution is -2.12. The fourth-order valence-corrected chi connectivity index (χ4v) is 2.46. The van der Waals surface area contributed by atoms with Crippen molar-refractivity contribution in [2.24, 2.45) is 0 Å². The van der Waals surface area contributed by atoms with Crippen LogP contribution in [-0.2, 0) is 12.0 Å². The molecule has 3 nitrogen and oxygen atoms in total. The van der Waals surface area contributed by atoms with Crippen LogP contribution in [0.4, 0.5) is 0 Å². The SMILES string of the molecule is CCn1ncc(Cl)c1C(O)c1ccc(C(C)(C)C)cc1. The van der Waals surface area contributed by atoms with Crippen molar-refractivity contribution in [3.05, 3.63) is 52.3 Å². The van der Waals surface area contributed by atoms with Crippen LogP contribution in [0.3, 0.4) is 0 Å². The van der Waals surface area contributed by atoms with Gasteiger partial charge in [-0.1, -0.05) is 56.6 Å². The van der Waals surface area contributed by atoms with Crippen LogP contribution in [0.2, 0.25) is 5.02 Å². The number of hydrogen-bond donors (Lipinski definition) is 1. The van der Waals surface area contributed by atoms with Gasteiger partial charge < -0.3 is 5.11 Å². The minimum Gasteiger partial charge on any atom is -0.382 e. The lowest BCUT2D eigenvalue weighted by Gasteiger charge is -2.20. The molecule has 2 rings (SSSR count). The Morgan fingerprint density at radius 1 is 1.25 bits per heavy atom. The van der Waals surface area contributed by atoms with Crippen molar-refractivity contribution >= 4 is 11.6 Å². The molecule has 0 aliphatic carbocycles. The Kier molecular flexibility index (Phi) is 4.21. The lowest BCUT2D eigenvalue weighted by molar-refractivity contribution is 0.208. The van der Waals surface area contributed by atoms with Crippen LogP contribution in [0.1, 0.15) is 50.6 Å². The Labute approximate surface area is 125 Å². The van der Waals surface area contributed by atoms with Crippen LogP contribution in [0.15, 0.2) is 30.5 Å². The number of aryl methyl sites for hydroxylation is 1. The Morgan fingerprint density at radius 3 is 2.35 bits per heavy atom. The third-order valence-electron chi connectivity index (χ3n) is 3.48. The van der Waals surface area contributed by atoms with Gasteiger partial charge in [-0.05, 0) is 23.5 Å². The molecule has 1 N–H and O–H groups in total. The summed E-state index contributed by atoms with van der Waals surface area (Å²) in [5.41, 5.74) is 2.82. The molecule has 108 valence electrons. The van der Waals surface area contributed by atoms with E-state index in [1.165, 1.54) is 5.56 Å². The van der Waals surface area contributed by atoms with E-state index in [4.69, 9.17) is 11.6 Å². The number of rotatable bonds is 3. The van der Waals surface area contributed by atoms with Gasteiger partial charge in [-0.15, -0.1) is 0 Å². The highest BCUT2D eigenvalue weighted by Crippen LogP contribution is 2.30. The number of benzene rings is 1. The first-order chi connectivity index (χ1) is 9.34. The van der Waals surface area contributed by atoms with E-state index in [1.807, 2.05) is 19.1 Å². The van der Waals surface area contributed by atoms with Crippen molar-refractivity contribution in [2.45, 2.75) is 45.8 Å². The van der Waals surface area contributed by atoms with E-state index in [-0.39, 0.29) is 5.41 Å². The standard InChI is InChI=1S/C16H21ClN2O/c1-5-19-14(13(17)10-18-19)15(20)11-6-8-12(9-7-11)16(2,3)4/h6-10,15,20H,5H2,1-4H3. The maximum absolute atomic E-state index is 10.5. The number of aromatic nitrogens is 2. The van der Waals surface area contributed by atoms with E-state index in [9.17, 15) is 5.11 Å². The summed E-state index contributed by atoms with van der Waals surface area (Å²) in [6.07, 6.45) is 0.826. The minimum atomic E-state index is -0.751. The molecule has 0 spiro atoms. The van der Waals surface area contributed by atoms with Crippen LogP contribution in [-0.4, -0.2) is 14.9 Å². The molecule has 1 atom stereocenters. The number of hydrogen-bond acceptors (Lipinski definition) is 2. The summed E-state index contributed by atoms with van der Waals surface area (Å²) in [4.78, 5) is 0. The van der Waals surface area contributed by atoms with E-state index in [1.54, 1.807) is 10.9 Å². The van der Waals surface area contributed by atoms with Crippen LogP contribution in [0.5, 0.6) is 0 Å². The number of aliphatic hydroxyl groups excluding tert-OH is 1. The molecule has 1 aromatic heterocycles. The van der Waals surface area contributed by atoms with Crippen molar-refractivity contribution < 1.29 is 5.11 Å². The molecule has 0 aliphatic rings. The molecule has 0 aliphatic heterocycles. The van der Waals surface area contributed by atoms with Gasteiger partial charge in [0.25, 0.3) is 0 Å². The summed E-state index contributed by atoms with van der Waals surface area (Å²) in [6.45, 7) is 9.16. The van der Waals surface area contributed by atoms with Gasteiger partial charge in [-0.25, -0.2) is 0 Å². The largest absolute Gasteiger partial charge is 0.382 e. The molecule has 0 fully saturated rings. The van der Waals surface area contributed by atoms with Gasteiger partial charge >= 0.3 is 0 Å². The average molecular weight is 293 g/mol. The van der Waals surface area contributed by atoms with E-state index in [2.05, 4.69) is 38.0 Å². The summed E-state index contributed by atoms with van der Waals surface area (Å²) in [5, 5.41) is 15.2. The Hall–Kier alpha value is -1.32. The zero-order chi connectivity index (χ0) is 14.9. The summed E-state index contributed by atoms with van der Waals surface area (Å²) < 4.78 is 1.73. The third-order valence-corrected chi connectivity index (χ3v) is 3.78. The van der Waals surface area contributed by atoms with Crippen molar-refractivity contribution in [1.82, 2.24) is 9.78 Å². The highest BCUT2D eigenvalue weighted by Gasteiger charge is 2.20. The monoisotopic (exact) mass is 292 g/mol. The van der Waals surface area contributed by atoms with Crippen LogP contribution < -0.4 is 0 Å². The van der Waals surface area contributed by atoms with E-state index in [0.717, 1.165) is 5.56 Å². The first-order valence-electron chi connectivity index (χ1n) is 6.84. The van der Waals surface area contributed by atoms with Crippen LogP contribution in [0.25, 0.3) is 0 Å². The molecule has 1 aromatic carbocycles. The van der Waals surface area contributed by atoms with Gasteiger partial charge in [0.1, 0.15) is 6.10 Å². The van der Waals surface area contributed by atoms with Gasteiger partial charge in [0.05, 0.1) is 16.9 Å². The molecular weight excluding hydrogens is 272 g/mol. The molecule has 1 heterocycles. The molecular formula is C16H21ClN2O. The zero-order valence-corrected chi connectivity index (χ0v) is 13.1. The number of nitrogens with zero attached hydrogens (tertiary/aromatic N) is 2. The van der Waals surface area contributed by atoms with Crippen molar-refractivity contribution in [3.63, 3.8) is 0 Å². The van der Waals surface area contributed by atoms with Crippen LogP contribution >= 0.6 is 11.6 Å². The Bertz CT molecular complexity index is 582. The van der Waals surface area contributed by atoms with E-state index in [0.29, 0.717) is 17.3 Å². The first-order valence-corrected chi connectivity index (χ1v) is 7.22. The first kappa shape index (κ1) is 15.1. The fourth-order valence-electron chi connectivity index (χ4n) is 2.22. The van der Waals surface area contributed by atoms with Gasteiger partial charge in [0.2, 0.25) is 0 Å². The molecule has 20 heavy (non-hydrogen) atoms. The third kappa shape index (κ3) is 2.89. The molecule has 0 amide bonds.